The summed E-state index contributed by atoms with van der Waals surface area (Å²) >= 11 is 0. The molecule has 0 aromatic rings. The minimum Gasteiger partial charge on any atom is -0.366 e. The SMILES string of the molecule is C=CCC1COCN(CCCCC)C1. The van der Waals surface area contributed by atoms with Crippen molar-refractivity contribution in [2.45, 2.75) is 32.6 Å². The Hall–Kier alpha value is -0.340. The van der Waals surface area contributed by atoms with E-state index in [9.17, 15) is 0 Å². The van der Waals surface area contributed by atoms with Gasteiger partial charge in [0.05, 0.1) is 13.3 Å². The standard InChI is InChI=1S/C12H23NO/c1-3-5-6-8-13-9-12(7-4-2)10-14-11-13/h4,12H,2-3,5-11H2,1H3. The molecule has 1 aliphatic rings. The lowest BCUT2D eigenvalue weighted by atomic mass is 10.1. The van der Waals surface area contributed by atoms with E-state index in [1.54, 1.807) is 0 Å². The predicted molar refractivity (Wildman–Crippen MR) is 60.2 cm³/mol. The van der Waals surface area contributed by atoms with E-state index in [1.165, 1.54) is 32.4 Å². The summed E-state index contributed by atoms with van der Waals surface area (Å²) in [4.78, 5) is 2.42. The van der Waals surface area contributed by atoms with Crippen molar-refractivity contribution in [2.24, 2.45) is 5.92 Å². The van der Waals surface area contributed by atoms with Gasteiger partial charge in [0.1, 0.15) is 0 Å². The monoisotopic (exact) mass is 197 g/mol. The van der Waals surface area contributed by atoms with Gasteiger partial charge in [-0.1, -0.05) is 25.8 Å². The van der Waals surface area contributed by atoms with E-state index < -0.39 is 0 Å². The number of ether oxygens (including phenoxy) is 1. The second-order valence-corrected chi connectivity index (χ2v) is 4.17. The molecule has 0 spiro atoms. The first-order valence-electron chi connectivity index (χ1n) is 5.77. The highest BCUT2D eigenvalue weighted by Crippen LogP contribution is 2.13. The fraction of sp³-hybridized carbons (Fsp3) is 0.833. The molecule has 82 valence electrons. The fourth-order valence-corrected chi connectivity index (χ4v) is 1.94. The smallest absolute Gasteiger partial charge is 0.0990 e. The highest BCUT2D eigenvalue weighted by molar-refractivity contribution is 4.77. The van der Waals surface area contributed by atoms with Crippen LogP contribution in [0.4, 0.5) is 0 Å². The van der Waals surface area contributed by atoms with E-state index in [4.69, 9.17) is 4.74 Å². The average Bonchev–Trinajstić information content (AvgIpc) is 2.19. The van der Waals surface area contributed by atoms with E-state index >= 15 is 0 Å². The van der Waals surface area contributed by atoms with Crippen molar-refractivity contribution in [2.75, 3.05) is 26.4 Å². The van der Waals surface area contributed by atoms with E-state index in [0.717, 1.165) is 19.8 Å². The Morgan fingerprint density at radius 3 is 3.07 bits per heavy atom. The summed E-state index contributed by atoms with van der Waals surface area (Å²) in [5.41, 5.74) is 0. The van der Waals surface area contributed by atoms with Crippen molar-refractivity contribution < 1.29 is 4.74 Å². The zero-order valence-corrected chi connectivity index (χ0v) is 9.37. The molecule has 0 saturated carbocycles. The lowest BCUT2D eigenvalue weighted by Crippen LogP contribution is -2.39. The van der Waals surface area contributed by atoms with E-state index in [1.807, 2.05) is 6.08 Å². The van der Waals surface area contributed by atoms with Gasteiger partial charge in [0.2, 0.25) is 0 Å². The molecule has 0 bridgehead atoms. The quantitative estimate of drug-likeness (QED) is 0.479. The van der Waals surface area contributed by atoms with Crippen LogP contribution in [0.3, 0.4) is 0 Å². The second-order valence-electron chi connectivity index (χ2n) is 4.17. The van der Waals surface area contributed by atoms with Crippen LogP contribution in [0.5, 0.6) is 0 Å². The molecular weight excluding hydrogens is 174 g/mol. The van der Waals surface area contributed by atoms with Gasteiger partial charge in [-0.2, -0.15) is 0 Å². The minimum atomic E-state index is 0.669. The third-order valence-corrected chi connectivity index (χ3v) is 2.72. The van der Waals surface area contributed by atoms with Crippen LogP contribution in [-0.4, -0.2) is 31.3 Å². The highest BCUT2D eigenvalue weighted by atomic mass is 16.5. The van der Waals surface area contributed by atoms with Crippen molar-refractivity contribution >= 4 is 0 Å². The Balaban J connectivity index is 2.15. The normalized spacial score (nSPS) is 23.6. The summed E-state index contributed by atoms with van der Waals surface area (Å²) < 4.78 is 5.56. The molecule has 1 aliphatic heterocycles. The van der Waals surface area contributed by atoms with E-state index in [-0.39, 0.29) is 0 Å². The summed E-state index contributed by atoms with van der Waals surface area (Å²) in [6.45, 7) is 10.2. The van der Waals surface area contributed by atoms with Gasteiger partial charge in [0.25, 0.3) is 0 Å². The molecule has 0 N–H and O–H groups in total. The van der Waals surface area contributed by atoms with Crippen LogP contribution >= 0.6 is 0 Å². The van der Waals surface area contributed by atoms with E-state index in [2.05, 4.69) is 18.4 Å². The maximum absolute atomic E-state index is 5.56. The number of hydrogen-bond acceptors (Lipinski definition) is 2. The summed E-state index contributed by atoms with van der Waals surface area (Å²) in [7, 11) is 0. The third kappa shape index (κ3) is 4.25. The Labute approximate surface area is 87.9 Å². The maximum atomic E-state index is 5.56. The second kappa shape index (κ2) is 7.02. The van der Waals surface area contributed by atoms with Gasteiger partial charge in [0.15, 0.2) is 0 Å². The van der Waals surface area contributed by atoms with Crippen LogP contribution in [-0.2, 0) is 4.74 Å². The topological polar surface area (TPSA) is 12.5 Å². The Bertz CT molecular complexity index is 158. The lowest BCUT2D eigenvalue weighted by Gasteiger charge is -2.32. The van der Waals surface area contributed by atoms with Crippen LogP contribution in [0.25, 0.3) is 0 Å². The molecule has 1 rings (SSSR count). The minimum absolute atomic E-state index is 0.669. The van der Waals surface area contributed by atoms with Crippen molar-refractivity contribution in [1.29, 1.82) is 0 Å². The van der Waals surface area contributed by atoms with Crippen LogP contribution < -0.4 is 0 Å². The van der Waals surface area contributed by atoms with Crippen molar-refractivity contribution in [3.63, 3.8) is 0 Å². The van der Waals surface area contributed by atoms with Gasteiger partial charge in [-0.15, -0.1) is 6.58 Å². The van der Waals surface area contributed by atoms with Gasteiger partial charge >= 0.3 is 0 Å². The number of nitrogens with zero attached hydrogens (tertiary/aromatic N) is 1. The molecule has 0 aliphatic carbocycles. The summed E-state index contributed by atoms with van der Waals surface area (Å²) in [6.07, 6.45) is 7.03. The van der Waals surface area contributed by atoms with Gasteiger partial charge in [-0.25, -0.2) is 0 Å². The Morgan fingerprint density at radius 2 is 2.36 bits per heavy atom. The molecule has 14 heavy (non-hydrogen) atoms. The van der Waals surface area contributed by atoms with Crippen molar-refractivity contribution in [1.82, 2.24) is 4.90 Å². The van der Waals surface area contributed by atoms with Gasteiger partial charge in [-0.3, -0.25) is 4.90 Å². The maximum Gasteiger partial charge on any atom is 0.0990 e. The van der Waals surface area contributed by atoms with Gasteiger partial charge in [-0.05, 0) is 18.8 Å². The molecule has 1 atom stereocenters. The first-order valence-corrected chi connectivity index (χ1v) is 5.77. The number of rotatable bonds is 6. The molecule has 0 radical (unpaired) electrons. The molecule has 1 saturated heterocycles. The fourth-order valence-electron chi connectivity index (χ4n) is 1.94. The van der Waals surface area contributed by atoms with Crippen LogP contribution in [0.15, 0.2) is 12.7 Å². The molecule has 0 amide bonds. The van der Waals surface area contributed by atoms with Crippen LogP contribution in [0.2, 0.25) is 0 Å². The Kier molecular flexibility index (Phi) is 5.88. The molecule has 2 heteroatoms. The third-order valence-electron chi connectivity index (χ3n) is 2.72. The van der Waals surface area contributed by atoms with Crippen LogP contribution in [0.1, 0.15) is 32.6 Å². The summed E-state index contributed by atoms with van der Waals surface area (Å²) in [5, 5.41) is 0. The zero-order valence-electron chi connectivity index (χ0n) is 9.37. The van der Waals surface area contributed by atoms with E-state index in [0.29, 0.717) is 5.92 Å². The average molecular weight is 197 g/mol. The predicted octanol–water partition coefficient (Wildman–Crippen LogP) is 2.66. The summed E-state index contributed by atoms with van der Waals surface area (Å²) in [5.74, 6) is 0.669. The molecule has 1 unspecified atom stereocenters. The van der Waals surface area contributed by atoms with Crippen molar-refractivity contribution in [3.8, 4) is 0 Å². The number of allylic oxidation sites excluding steroid dienone is 1. The summed E-state index contributed by atoms with van der Waals surface area (Å²) in [6, 6.07) is 0. The zero-order chi connectivity index (χ0) is 10.2. The highest BCUT2D eigenvalue weighted by Gasteiger charge is 2.18. The first-order chi connectivity index (χ1) is 6.86. The molecule has 1 heterocycles. The number of hydrogen-bond donors (Lipinski definition) is 0. The molecule has 1 fully saturated rings. The lowest BCUT2D eigenvalue weighted by molar-refractivity contribution is -0.0454. The Morgan fingerprint density at radius 1 is 1.50 bits per heavy atom. The van der Waals surface area contributed by atoms with Crippen LogP contribution in [0, 0.1) is 5.92 Å². The largest absolute Gasteiger partial charge is 0.366 e. The first kappa shape index (κ1) is 11.7. The van der Waals surface area contributed by atoms with Crippen molar-refractivity contribution in [3.05, 3.63) is 12.7 Å². The molecule has 0 aromatic heterocycles. The molecular formula is C12H23NO. The van der Waals surface area contributed by atoms with Gasteiger partial charge in [0, 0.05) is 13.1 Å². The molecule has 0 aromatic carbocycles. The number of unbranched alkanes of at least 4 members (excludes halogenated alkanes) is 2. The van der Waals surface area contributed by atoms with Gasteiger partial charge < -0.3 is 4.74 Å². The molecule has 2 nitrogen and oxygen atoms in total.